The smallest absolute Gasteiger partial charge is 0.108 e. The van der Waals surface area contributed by atoms with Gasteiger partial charge in [-0.25, -0.2) is 4.98 Å². The molecule has 0 aromatic carbocycles. The summed E-state index contributed by atoms with van der Waals surface area (Å²) in [4.78, 5) is 4.72. The summed E-state index contributed by atoms with van der Waals surface area (Å²) in [7, 11) is 0. The van der Waals surface area contributed by atoms with Crippen molar-refractivity contribution < 1.29 is 0 Å². The fraction of sp³-hybridized carbons (Fsp3) is 0.750. The first-order chi connectivity index (χ1) is 6.70. The van der Waals surface area contributed by atoms with Crippen molar-refractivity contribution in [3.63, 3.8) is 0 Å². The molecule has 0 saturated heterocycles. The summed E-state index contributed by atoms with van der Waals surface area (Å²) in [6.45, 7) is 7.98. The van der Waals surface area contributed by atoms with E-state index < -0.39 is 0 Å². The number of aryl methyl sites for hydroxylation is 1. The van der Waals surface area contributed by atoms with Crippen LogP contribution in [0.3, 0.4) is 0 Å². The van der Waals surface area contributed by atoms with Crippen LogP contribution in [0.4, 0.5) is 0 Å². The van der Waals surface area contributed by atoms with Crippen LogP contribution in [-0.4, -0.2) is 9.55 Å². The van der Waals surface area contributed by atoms with Gasteiger partial charge in [0.25, 0.3) is 0 Å². The molecule has 0 radical (unpaired) electrons. The molecule has 0 N–H and O–H groups in total. The summed E-state index contributed by atoms with van der Waals surface area (Å²) in [5, 5.41) is 0. The van der Waals surface area contributed by atoms with Crippen LogP contribution < -0.4 is 0 Å². The SMILES string of the molecule is CCC(C)c1cn2c(n1)CCC(C)C2. The van der Waals surface area contributed by atoms with E-state index in [-0.39, 0.29) is 0 Å². The Morgan fingerprint density at radius 2 is 2.43 bits per heavy atom. The average molecular weight is 192 g/mol. The van der Waals surface area contributed by atoms with Crippen molar-refractivity contribution in [1.29, 1.82) is 0 Å². The van der Waals surface area contributed by atoms with Gasteiger partial charge in [-0.1, -0.05) is 20.8 Å². The predicted octanol–water partition coefficient (Wildman–Crippen LogP) is 2.98. The first-order valence-electron chi connectivity index (χ1n) is 5.76. The summed E-state index contributed by atoms with van der Waals surface area (Å²) in [6, 6.07) is 0. The van der Waals surface area contributed by atoms with Crippen LogP contribution in [0, 0.1) is 5.92 Å². The molecule has 0 fully saturated rings. The lowest BCUT2D eigenvalue weighted by Gasteiger charge is -2.19. The highest BCUT2D eigenvalue weighted by molar-refractivity contribution is 5.10. The fourth-order valence-corrected chi connectivity index (χ4v) is 2.08. The van der Waals surface area contributed by atoms with E-state index in [0.29, 0.717) is 5.92 Å². The molecular formula is C12H20N2. The molecule has 78 valence electrons. The number of hydrogen-bond acceptors (Lipinski definition) is 1. The Morgan fingerprint density at radius 3 is 3.14 bits per heavy atom. The maximum atomic E-state index is 4.72. The van der Waals surface area contributed by atoms with Gasteiger partial charge in [-0.2, -0.15) is 0 Å². The van der Waals surface area contributed by atoms with Gasteiger partial charge in [-0.05, 0) is 24.7 Å². The number of aromatic nitrogens is 2. The number of hydrogen-bond donors (Lipinski definition) is 0. The third-order valence-electron chi connectivity index (χ3n) is 3.36. The lowest BCUT2D eigenvalue weighted by molar-refractivity contribution is 0.394. The largest absolute Gasteiger partial charge is 0.334 e. The Kier molecular flexibility index (Phi) is 2.62. The number of fused-ring (bicyclic) bond motifs is 1. The van der Waals surface area contributed by atoms with Gasteiger partial charge in [0.15, 0.2) is 0 Å². The van der Waals surface area contributed by atoms with Gasteiger partial charge >= 0.3 is 0 Å². The van der Waals surface area contributed by atoms with Gasteiger partial charge in [-0.3, -0.25) is 0 Å². The monoisotopic (exact) mass is 192 g/mol. The molecule has 0 amide bonds. The fourth-order valence-electron chi connectivity index (χ4n) is 2.08. The Hall–Kier alpha value is -0.790. The van der Waals surface area contributed by atoms with E-state index in [0.717, 1.165) is 12.3 Å². The highest BCUT2D eigenvalue weighted by atomic mass is 15.1. The van der Waals surface area contributed by atoms with Crippen molar-refractivity contribution in [3.05, 3.63) is 17.7 Å². The zero-order valence-electron chi connectivity index (χ0n) is 9.45. The highest BCUT2D eigenvalue weighted by Gasteiger charge is 2.18. The summed E-state index contributed by atoms with van der Waals surface area (Å²) in [6.07, 6.45) is 5.92. The van der Waals surface area contributed by atoms with Crippen LogP contribution in [0.2, 0.25) is 0 Å². The van der Waals surface area contributed by atoms with Crippen LogP contribution in [0.25, 0.3) is 0 Å². The zero-order valence-corrected chi connectivity index (χ0v) is 9.45. The Bertz CT molecular complexity index is 314. The zero-order chi connectivity index (χ0) is 10.1. The molecule has 1 aromatic heterocycles. The van der Waals surface area contributed by atoms with Crippen molar-refractivity contribution in [3.8, 4) is 0 Å². The van der Waals surface area contributed by atoms with Gasteiger partial charge in [-0.15, -0.1) is 0 Å². The van der Waals surface area contributed by atoms with E-state index in [1.807, 2.05) is 0 Å². The molecule has 1 aliphatic rings. The van der Waals surface area contributed by atoms with E-state index in [1.165, 1.54) is 30.9 Å². The summed E-state index contributed by atoms with van der Waals surface area (Å²) in [5.74, 6) is 2.74. The minimum absolute atomic E-state index is 0.614. The minimum Gasteiger partial charge on any atom is -0.334 e. The van der Waals surface area contributed by atoms with Gasteiger partial charge in [0.1, 0.15) is 5.82 Å². The third-order valence-corrected chi connectivity index (χ3v) is 3.36. The molecule has 2 heteroatoms. The summed E-state index contributed by atoms with van der Waals surface area (Å²) < 4.78 is 2.36. The van der Waals surface area contributed by atoms with Crippen molar-refractivity contribution >= 4 is 0 Å². The van der Waals surface area contributed by atoms with Crippen molar-refractivity contribution in [2.24, 2.45) is 5.92 Å². The average Bonchev–Trinajstić information content (AvgIpc) is 2.59. The number of rotatable bonds is 2. The quantitative estimate of drug-likeness (QED) is 0.704. The Balaban J connectivity index is 2.23. The molecule has 2 rings (SSSR count). The first kappa shape index (κ1) is 9.75. The van der Waals surface area contributed by atoms with Gasteiger partial charge in [0.05, 0.1) is 5.69 Å². The van der Waals surface area contributed by atoms with Crippen molar-refractivity contribution in [2.75, 3.05) is 0 Å². The number of nitrogens with zero attached hydrogens (tertiary/aromatic N) is 2. The molecule has 2 heterocycles. The molecule has 0 bridgehead atoms. The lowest BCUT2D eigenvalue weighted by Crippen LogP contribution is -2.17. The molecular weight excluding hydrogens is 172 g/mol. The normalized spacial score (nSPS) is 23.2. The molecule has 1 aromatic rings. The number of imidazole rings is 1. The molecule has 14 heavy (non-hydrogen) atoms. The molecule has 0 spiro atoms. The van der Waals surface area contributed by atoms with E-state index in [2.05, 4.69) is 31.5 Å². The second kappa shape index (κ2) is 3.76. The summed E-state index contributed by atoms with van der Waals surface area (Å²) >= 11 is 0. The van der Waals surface area contributed by atoms with Crippen LogP contribution in [0.5, 0.6) is 0 Å². The van der Waals surface area contributed by atoms with Gasteiger partial charge in [0.2, 0.25) is 0 Å². The lowest BCUT2D eigenvalue weighted by atomic mass is 10.0. The highest BCUT2D eigenvalue weighted by Crippen LogP contribution is 2.23. The second-order valence-corrected chi connectivity index (χ2v) is 4.69. The van der Waals surface area contributed by atoms with Crippen LogP contribution >= 0.6 is 0 Å². The second-order valence-electron chi connectivity index (χ2n) is 4.69. The van der Waals surface area contributed by atoms with Crippen LogP contribution in [-0.2, 0) is 13.0 Å². The molecule has 0 saturated carbocycles. The van der Waals surface area contributed by atoms with Crippen LogP contribution in [0.1, 0.15) is 51.0 Å². The Morgan fingerprint density at radius 1 is 1.64 bits per heavy atom. The van der Waals surface area contributed by atoms with Gasteiger partial charge < -0.3 is 4.57 Å². The molecule has 2 atom stereocenters. The van der Waals surface area contributed by atoms with E-state index in [9.17, 15) is 0 Å². The molecule has 1 aliphatic heterocycles. The first-order valence-corrected chi connectivity index (χ1v) is 5.76. The topological polar surface area (TPSA) is 17.8 Å². The van der Waals surface area contributed by atoms with E-state index in [4.69, 9.17) is 4.98 Å². The van der Waals surface area contributed by atoms with E-state index >= 15 is 0 Å². The Labute approximate surface area is 86.3 Å². The maximum Gasteiger partial charge on any atom is 0.108 e. The molecule has 0 aliphatic carbocycles. The minimum atomic E-state index is 0.614. The molecule has 2 unspecified atom stereocenters. The predicted molar refractivity (Wildman–Crippen MR) is 58.4 cm³/mol. The van der Waals surface area contributed by atoms with Gasteiger partial charge in [0, 0.05) is 19.2 Å². The standard InChI is InChI=1S/C12H20N2/c1-4-10(3)11-8-14-7-9(2)5-6-12(14)13-11/h8-10H,4-7H2,1-3H3. The van der Waals surface area contributed by atoms with Crippen molar-refractivity contribution in [2.45, 2.75) is 52.5 Å². The van der Waals surface area contributed by atoms with E-state index in [1.54, 1.807) is 0 Å². The van der Waals surface area contributed by atoms with Crippen molar-refractivity contribution in [1.82, 2.24) is 9.55 Å². The molecule has 2 nitrogen and oxygen atoms in total. The van der Waals surface area contributed by atoms with Crippen LogP contribution in [0.15, 0.2) is 6.20 Å². The summed E-state index contributed by atoms with van der Waals surface area (Å²) in [5.41, 5.74) is 1.29. The third kappa shape index (κ3) is 1.70. The maximum absolute atomic E-state index is 4.72.